The fraction of sp³-hybridized carbons (Fsp3) is 0.750. The van der Waals surface area contributed by atoms with Crippen LogP contribution in [0.5, 0.6) is 0 Å². The minimum Gasteiger partial charge on any atom is -0.444 e. The lowest BCUT2D eigenvalue weighted by atomic mass is 10.2. The van der Waals surface area contributed by atoms with Gasteiger partial charge in [-0.1, -0.05) is 0 Å². The van der Waals surface area contributed by atoms with Gasteiger partial charge in [0.25, 0.3) is 0 Å². The number of rotatable bonds is 8. The summed E-state index contributed by atoms with van der Waals surface area (Å²) >= 11 is 0. The first-order valence-electron chi connectivity index (χ1n) is 8.33. The van der Waals surface area contributed by atoms with E-state index in [9.17, 15) is 0 Å². The lowest BCUT2D eigenvalue weighted by Crippen LogP contribution is -2.39. The summed E-state index contributed by atoms with van der Waals surface area (Å²) in [7, 11) is 0. The fourth-order valence-corrected chi connectivity index (χ4v) is 2.33. The molecule has 0 radical (unpaired) electrons. The molecule has 23 heavy (non-hydrogen) atoms. The molecule has 1 aliphatic rings. The topological polar surface area (TPSA) is 80.9 Å². The van der Waals surface area contributed by atoms with E-state index in [1.807, 2.05) is 20.8 Å². The maximum Gasteiger partial charge on any atom is 0.216 e. The highest BCUT2D eigenvalue weighted by Crippen LogP contribution is 2.11. The van der Waals surface area contributed by atoms with Gasteiger partial charge < -0.3 is 24.5 Å². The van der Waals surface area contributed by atoms with Crippen LogP contribution in [-0.4, -0.2) is 50.0 Å². The summed E-state index contributed by atoms with van der Waals surface area (Å²) in [5.74, 6) is 2.21. The third kappa shape index (κ3) is 6.19. The largest absolute Gasteiger partial charge is 0.444 e. The Bertz CT molecular complexity index is 476. The molecule has 2 rings (SSSR count). The van der Waals surface area contributed by atoms with E-state index in [1.54, 1.807) is 0 Å². The number of aryl methyl sites for hydroxylation is 2. The first-order valence-corrected chi connectivity index (χ1v) is 8.33. The number of aliphatic imine (C=N–C) groups is 1. The number of oxazole rings is 1. The standard InChI is InChI=1S/C16H28N4O3/c1-4-17-16(19-10-15-20-12(2)13(3)23-15)18-7-9-21-11-14-6-5-8-22-14/h14H,4-11H2,1-3H3,(H2,17,18,19). The van der Waals surface area contributed by atoms with E-state index >= 15 is 0 Å². The Morgan fingerprint density at radius 3 is 2.91 bits per heavy atom. The second-order valence-electron chi connectivity index (χ2n) is 5.58. The number of nitrogens with zero attached hydrogens (tertiary/aromatic N) is 2. The molecule has 2 N–H and O–H groups in total. The van der Waals surface area contributed by atoms with Crippen molar-refractivity contribution >= 4 is 5.96 Å². The maximum absolute atomic E-state index is 5.63. The van der Waals surface area contributed by atoms with Gasteiger partial charge in [0.2, 0.25) is 5.89 Å². The molecule has 1 atom stereocenters. The Morgan fingerprint density at radius 1 is 1.39 bits per heavy atom. The van der Waals surface area contributed by atoms with Crippen molar-refractivity contribution in [1.29, 1.82) is 0 Å². The predicted octanol–water partition coefficient (Wildman–Crippen LogP) is 1.54. The SMILES string of the molecule is CCNC(=NCc1nc(C)c(C)o1)NCCOCC1CCCO1. The van der Waals surface area contributed by atoms with E-state index in [-0.39, 0.29) is 6.10 Å². The molecule has 0 saturated carbocycles. The molecule has 7 nitrogen and oxygen atoms in total. The fourth-order valence-electron chi connectivity index (χ4n) is 2.33. The van der Waals surface area contributed by atoms with Crippen LogP contribution in [0.2, 0.25) is 0 Å². The second kappa shape index (κ2) is 9.52. The Kier molecular flexibility index (Phi) is 7.35. The van der Waals surface area contributed by atoms with E-state index in [0.29, 0.717) is 32.2 Å². The molecule has 1 fully saturated rings. The van der Waals surface area contributed by atoms with E-state index < -0.39 is 0 Å². The quantitative estimate of drug-likeness (QED) is 0.429. The molecule has 0 amide bonds. The van der Waals surface area contributed by atoms with Crippen LogP contribution in [-0.2, 0) is 16.0 Å². The van der Waals surface area contributed by atoms with Gasteiger partial charge in [-0.2, -0.15) is 0 Å². The molecule has 1 aromatic rings. The van der Waals surface area contributed by atoms with Crippen LogP contribution < -0.4 is 10.6 Å². The van der Waals surface area contributed by atoms with Gasteiger partial charge in [-0.25, -0.2) is 9.98 Å². The number of hydrogen-bond acceptors (Lipinski definition) is 5. The molecule has 2 heterocycles. The average Bonchev–Trinajstić information content (AvgIpc) is 3.15. The summed E-state index contributed by atoms with van der Waals surface area (Å²) in [6.45, 7) is 9.94. The van der Waals surface area contributed by atoms with E-state index in [0.717, 1.165) is 43.4 Å². The van der Waals surface area contributed by atoms with E-state index in [4.69, 9.17) is 13.9 Å². The summed E-state index contributed by atoms with van der Waals surface area (Å²) in [5.41, 5.74) is 0.913. The number of guanidine groups is 1. The molecule has 1 aromatic heterocycles. The second-order valence-corrected chi connectivity index (χ2v) is 5.58. The Hall–Kier alpha value is -1.60. The molecule has 0 aliphatic carbocycles. The third-order valence-corrected chi connectivity index (χ3v) is 3.66. The Morgan fingerprint density at radius 2 is 2.26 bits per heavy atom. The predicted molar refractivity (Wildman–Crippen MR) is 88.6 cm³/mol. The van der Waals surface area contributed by atoms with Crippen molar-refractivity contribution < 1.29 is 13.9 Å². The summed E-state index contributed by atoms with van der Waals surface area (Å²) in [6, 6.07) is 0. The van der Waals surface area contributed by atoms with Gasteiger partial charge in [0.15, 0.2) is 5.96 Å². The van der Waals surface area contributed by atoms with Crippen LogP contribution in [0.4, 0.5) is 0 Å². The summed E-state index contributed by atoms with van der Waals surface area (Å²) < 4.78 is 16.7. The normalized spacial score (nSPS) is 18.4. The van der Waals surface area contributed by atoms with Crippen molar-refractivity contribution in [1.82, 2.24) is 15.6 Å². The highest BCUT2D eigenvalue weighted by Gasteiger charge is 2.14. The van der Waals surface area contributed by atoms with Crippen molar-refractivity contribution in [2.75, 3.05) is 32.9 Å². The first-order chi connectivity index (χ1) is 11.2. The van der Waals surface area contributed by atoms with Crippen molar-refractivity contribution in [2.45, 2.75) is 46.3 Å². The van der Waals surface area contributed by atoms with Crippen LogP contribution in [0.15, 0.2) is 9.41 Å². The minimum absolute atomic E-state index is 0.272. The number of hydrogen-bond donors (Lipinski definition) is 2. The number of ether oxygens (including phenoxy) is 2. The molecule has 1 saturated heterocycles. The van der Waals surface area contributed by atoms with Crippen molar-refractivity contribution in [3.8, 4) is 0 Å². The summed E-state index contributed by atoms with van der Waals surface area (Å²) in [5, 5.41) is 6.44. The van der Waals surface area contributed by atoms with Crippen molar-refractivity contribution in [2.24, 2.45) is 4.99 Å². The Labute approximate surface area is 137 Å². The summed E-state index contributed by atoms with van der Waals surface area (Å²) in [6.07, 6.45) is 2.52. The van der Waals surface area contributed by atoms with Gasteiger partial charge in [-0.15, -0.1) is 0 Å². The molecule has 0 bridgehead atoms. The third-order valence-electron chi connectivity index (χ3n) is 3.66. The number of nitrogens with one attached hydrogen (secondary N) is 2. The molecule has 0 spiro atoms. The molecule has 7 heteroatoms. The van der Waals surface area contributed by atoms with Crippen LogP contribution in [0.25, 0.3) is 0 Å². The van der Waals surface area contributed by atoms with Gasteiger partial charge in [-0.3, -0.25) is 0 Å². The van der Waals surface area contributed by atoms with Crippen LogP contribution in [0.1, 0.15) is 37.1 Å². The minimum atomic E-state index is 0.272. The monoisotopic (exact) mass is 324 g/mol. The molecule has 1 unspecified atom stereocenters. The van der Waals surface area contributed by atoms with E-state index in [2.05, 4.69) is 20.6 Å². The summed E-state index contributed by atoms with van der Waals surface area (Å²) in [4.78, 5) is 8.80. The van der Waals surface area contributed by atoms with Gasteiger partial charge in [0, 0.05) is 19.7 Å². The maximum atomic E-state index is 5.63. The van der Waals surface area contributed by atoms with Crippen molar-refractivity contribution in [3.05, 3.63) is 17.3 Å². The van der Waals surface area contributed by atoms with E-state index in [1.165, 1.54) is 0 Å². The highest BCUT2D eigenvalue weighted by molar-refractivity contribution is 5.79. The van der Waals surface area contributed by atoms with Gasteiger partial charge in [0.1, 0.15) is 12.3 Å². The molecule has 0 aromatic carbocycles. The molecule has 130 valence electrons. The van der Waals surface area contributed by atoms with Crippen molar-refractivity contribution in [3.63, 3.8) is 0 Å². The van der Waals surface area contributed by atoms with Gasteiger partial charge >= 0.3 is 0 Å². The van der Waals surface area contributed by atoms with Crippen LogP contribution >= 0.6 is 0 Å². The smallest absolute Gasteiger partial charge is 0.216 e. The lowest BCUT2D eigenvalue weighted by Gasteiger charge is -2.13. The zero-order chi connectivity index (χ0) is 16.5. The molecular formula is C16H28N4O3. The molecular weight excluding hydrogens is 296 g/mol. The zero-order valence-corrected chi connectivity index (χ0v) is 14.4. The zero-order valence-electron chi connectivity index (χ0n) is 14.4. The first kappa shape index (κ1) is 17.7. The van der Waals surface area contributed by atoms with Crippen LogP contribution in [0, 0.1) is 13.8 Å². The van der Waals surface area contributed by atoms with Gasteiger partial charge in [-0.05, 0) is 33.6 Å². The van der Waals surface area contributed by atoms with Gasteiger partial charge in [0.05, 0.1) is 25.0 Å². The number of aromatic nitrogens is 1. The lowest BCUT2D eigenvalue weighted by molar-refractivity contribution is 0.0191. The Balaban J connectivity index is 1.68. The molecule has 1 aliphatic heterocycles. The average molecular weight is 324 g/mol. The highest BCUT2D eigenvalue weighted by atomic mass is 16.5. The van der Waals surface area contributed by atoms with Crippen LogP contribution in [0.3, 0.4) is 0 Å².